The number of rotatable bonds is 6. The Bertz CT molecular complexity index is 839. The molecule has 0 aromatic heterocycles. The monoisotopic (exact) mass is 385 g/mol. The third-order valence-corrected chi connectivity index (χ3v) is 5.79. The van der Waals surface area contributed by atoms with Crippen molar-refractivity contribution in [2.24, 2.45) is 5.92 Å². The molecule has 6 nitrogen and oxygen atoms in total. The summed E-state index contributed by atoms with van der Waals surface area (Å²) in [7, 11) is 1.90. The van der Waals surface area contributed by atoms with Crippen LogP contribution in [-0.4, -0.2) is 42.4 Å². The zero-order valence-corrected chi connectivity index (χ0v) is 16.3. The molecule has 1 unspecified atom stereocenters. The molecule has 0 bridgehead atoms. The summed E-state index contributed by atoms with van der Waals surface area (Å²) < 4.78 is 0. The molecule has 1 aliphatic heterocycles. The van der Waals surface area contributed by atoms with Crippen LogP contribution < -0.4 is 5.32 Å². The second-order valence-electron chi connectivity index (χ2n) is 6.82. The predicted molar refractivity (Wildman–Crippen MR) is 106 cm³/mol. The van der Waals surface area contributed by atoms with Gasteiger partial charge in [-0.15, -0.1) is 0 Å². The van der Waals surface area contributed by atoms with Crippen LogP contribution in [0.3, 0.4) is 0 Å². The Balaban J connectivity index is 1.80. The van der Waals surface area contributed by atoms with Gasteiger partial charge < -0.3 is 10.2 Å². The number of nitrogens with one attached hydrogen (secondary N) is 1. The van der Waals surface area contributed by atoms with E-state index in [9.17, 15) is 14.9 Å². The maximum Gasteiger partial charge on any atom is 0.284 e. The van der Waals surface area contributed by atoms with Gasteiger partial charge in [-0.1, -0.05) is 29.5 Å². The largest absolute Gasteiger partial charge is 0.338 e. The Morgan fingerprint density at radius 2 is 2.04 bits per heavy atom. The van der Waals surface area contributed by atoms with E-state index in [4.69, 9.17) is 0 Å². The number of likely N-dealkylation sites (tertiary alicyclic amines) is 1. The SMILES string of the molecule is CNCC1CCN(C(=O)c2ccc(Sc3ccc(C)cc3)c([N+](=O)[O-])c2)C1. The zero-order valence-electron chi connectivity index (χ0n) is 15.5. The van der Waals surface area contributed by atoms with Crippen LogP contribution in [0.1, 0.15) is 22.3 Å². The lowest BCUT2D eigenvalue weighted by molar-refractivity contribution is -0.387. The number of carbonyl (C=O) groups is 1. The second kappa shape index (κ2) is 8.54. The minimum atomic E-state index is -0.416. The van der Waals surface area contributed by atoms with Gasteiger partial charge in [-0.2, -0.15) is 0 Å². The Morgan fingerprint density at radius 3 is 2.70 bits per heavy atom. The first-order valence-electron chi connectivity index (χ1n) is 8.94. The van der Waals surface area contributed by atoms with Crippen molar-refractivity contribution in [2.75, 3.05) is 26.7 Å². The van der Waals surface area contributed by atoms with Gasteiger partial charge in [0.25, 0.3) is 11.6 Å². The van der Waals surface area contributed by atoms with Crippen molar-refractivity contribution in [3.05, 3.63) is 63.7 Å². The quantitative estimate of drug-likeness (QED) is 0.606. The Labute approximate surface area is 163 Å². The van der Waals surface area contributed by atoms with E-state index in [0.717, 1.165) is 23.4 Å². The number of carbonyl (C=O) groups excluding carboxylic acids is 1. The van der Waals surface area contributed by atoms with E-state index in [-0.39, 0.29) is 11.6 Å². The van der Waals surface area contributed by atoms with E-state index in [1.807, 2.05) is 38.2 Å². The Kier molecular flexibility index (Phi) is 6.13. The molecule has 1 aliphatic rings. The standard InChI is InChI=1S/C20H23N3O3S/c1-14-3-6-17(7-4-14)27-19-8-5-16(11-18(19)23(25)26)20(24)22-10-9-15(13-22)12-21-2/h3-8,11,15,21H,9-10,12-13H2,1-2H3. The number of hydrogen-bond acceptors (Lipinski definition) is 5. The number of benzene rings is 2. The number of amides is 1. The molecule has 1 atom stereocenters. The molecule has 142 valence electrons. The van der Waals surface area contributed by atoms with Crippen molar-refractivity contribution in [1.29, 1.82) is 0 Å². The van der Waals surface area contributed by atoms with Crippen LogP contribution in [0.25, 0.3) is 0 Å². The molecule has 27 heavy (non-hydrogen) atoms. The highest BCUT2D eigenvalue weighted by Crippen LogP contribution is 2.35. The van der Waals surface area contributed by atoms with Crippen LogP contribution in [0.15, 0.2) is 52.3 Å². The van der Waals surface area contributed by atoms with Crippen LogP contribution >= 0.6 is 11.8 Å². The summed E-state index contributed by atoms with van der Waals surface area (Å²) in [4.78, 5) is 27.1. The summed E-state index contributed by atoms with van der Waals surface area (Å²) >= 11 is 1.34. The number of nitrogens with zero attached hydrogens (tertiary/aromatic N) is 2. The van der Waals surface area contributed by atoms with Crippen molar-refractivity contribution in [2.45, 2.75) is 23.1 Å². The summed E-state index contributed by atoms with van der Waals surface area (Å²) in [6.07, 6.45) is 0.954. The first-order valence-corrected chi connectivity index (χ1v) is 9.76. The minimum absolute atomic E-state index is 0.0302. The molecule has 3 rings (SSSR count). The van der Waals surface area contributed by atoms with E-state index in [1.54, 1.807) is 17.0 Å². The molecule has 0 aliphatic carbocycles. The van der Waals surface area contributed by atoms with Crippen LogP contribution in [-0.2, 0) is 0 Å². The van der Waals surface area contributed by atoms with Gasteiger partial charge >= 0.3 is 0 Å². The van der Waals surface area contributed by atoms with Crippen LogP contribution in [0.2, 0.25) is 0 Å². The summed E-state index contributed by atoms with van der Waals surface area (Å²) in [6.45, 7) is 4.25. The molecular weight excluding hydrogens is 362 g/mol. The maximum atomic E-state index is 12.8. The lowest BCUT2D eigenvalue weighted by Gasteiger charge is -2.17. The van der Waals surface area contributed by atoms with Gasteiger partial charge in [-0.05, 0) is 57.1 Å². The van der Waals surface area contributed by atoms with E-state index < -0.39 is 4.92 Å². The van der Waals surface area contributed by atoms with Crippen molar-refractivity contribution in [3.8, 4) is 0 Å². The summed E-state index contributed by atoms with van der Waals surface area (Å²) in [5, 5.41) is 14.7. The molecule has 1 saturated heterocycles. The number of hydrogen-bond donors (Lipinski definition) is 1. The molecule has 0 spiro atoms. The van der Waals surface area contributed by atoms with Gasteiger partial charge in [-0.25, -0.2) is 0 Å². The maximum absolute atomic E-state index is 12.8. The smallest absolute Gasteiger partial charge is 0.284 e. The van der Waals surface area contributed by atoms with E-state index in [2.05, 4.69) is 5.32 Å². The van der Waals surface area contributed by atoms with Crippen LogP contribution in [0.5, 0.6) is 0 Å². The molecule has 1 amide bonds. The Morgan fingerprint density at radius 1 is 1.30 bits per heavy atom. The fourth-order valence-electron chi connectivity index (χ4n) is 3.27. The normalized spacial score (nSPS) is 16.5. The van der Waals surface area contributed by atoms with E-state index in [0.29, 0.717) is 29.5 Å². The lowest BCUT2D eigenvalue weighted by Crippen LogP contribution is -2.30. The molecule has 0 saturated carbocycles. The van der Waals surface area contributed by atoms with Crippen LogP contribution in [0.4, 0.5) is 5.69 Å². The molecule has 1 N–H and O–H groups in total. The van der Waals surface area contributed by atoms with E-state index >= 15 is 0 Å². The highest BCUT2D eigenvalue weighted by Gasteiger charge is 2.28. The minimum Gasteiger partial charge on any atom is -0.338 e. The van der Waals surface area contributed by atoms with Crippen molar-refractivity contribution >= 4 is 23.4 Å². The van der Waals surface area contributed by atoms with Gasteiger partial charge in [0.2, 0.25) is 0 Å². The molecule has 0 radical (unpaired) electrons. The lowest BCUT2D eigenvalue weighted by atomic mass is 10.1. The number of aryl methyl sites for hydroxylation is 1. The van der Waals surface area contributed by atoms with Crippen molar-refractivity contribution < 1.29 is 9.72 Å². The summed E-state index contributed by atoms with van der Waals surface area (Å²) in [5.74, 6) is 0.300. The number of nitro groups is 1. The molecule has 7 heteroatoms. The van der Waals surface area contributed by atoms with Crippen molar-refractivity contribution in [3.63, 3.8) is 0 Å². The highest BCUT2D eigenvalue weighted by atomic mass is 32.2. The van der Waals surface area contributed by atoms with Gasteiger partial charge in [0.05, 0.1) is 9.82 Å². The third-order valence-electron chi connectivity index (χ3n) is 4.72. The fourth-order valence-corrected chi connectivity index (χ4v) is 4.17. The van der Waals surface area contributed by atoms with E-state index in [1.165, 1.54) is 17.8 Å². The summed E-state index contributed by atoms with van der Waals surface area (Å²) in [6, 6.07) is 12.6. The van der Waals surface area contributed by atoms with Crippen molar-refractivity contribution in [1.82, 2.24) is 10.2 Å². The predicted octanol–water partition coefficient (Wildman–Crippen LogP) is 3.74. The summed E-state index contributed by atoms with van der Waals surface area (Å²) in [5.41, 5.74) is 1.48. The van der Waals surface area contributed by atoms with Crippen LogP contribution in [0, 0.1) is 23.0 Å². The Hall–Kier alpha value is -2.38. The fraction of sp³-hybridized carbons (Fsp3) is 0.350. The first-order chi connectivity index (χ1) is 13.0. The average molecular weight is 385 g/mol. The number of nitro benzene ring substituents is 1. The second-order valence-corrected chi connectivity index (χ2v) is 7.93. The van der Waals surface area contributed by atoms with Gasteiger partial charge in [0, 0.05) is 29.6 Å². The molecular formula is C20H23N3O3S. The zero-order chi connectivity index (χ0) is 19.4. The first kappa shape index (κ1) is 19.4. The van der Waals surface area contributed by atoms with Gasteiger partial charge in [0.1, 0.15) is 0 Å². The topological polar surface area (TPSA) is 75.5 Å². The average Bonchev–Trinajstić information content (AvgIpc) is 3.12. The molecule has 1 heterocycles. The molecule has 2 aromatic carbocycles. The highest BCUT2D eigenvalue weighted by molar-refractivity contribution is 7.99. The van der Waals surface area contributed by atoms with Gasteiger partial charge in [0.15, 0.2) is 0 Å². The van der Waals surface area contributed by atoms with Gasteiger partial charge in [-0.3, -0.25) is 14.9 Å². The third kappa shape index (κ3) is 4.67. The molecule has 1 fully saturated rings. The molecule has 2 aromatic rings.